The van der Waals surface area contributed by atoms with Crippen LogP contribution in [0, 0.1) is 22.0 Å². The van der Waals surface area contributed by atoms with Gasteiger partial charge in [0.05, 0.1) is 4.92 Å². The van der Waals surface area contributed by atoms with Crippen molar-refractivity contribution in [3.63, 3.8) is 0 Å². The maximum Gasteiger partial charge on any atom is 0.324 e. The second kappa shape index (κ2) is 6.26. The van der Waals surface area contributed by atoms with Crippen molar-refractivity contribution in [3.05, 3.63) is 27.1 Å². The van der Waals surface area contributed by atoms with Crippen LogP contribution in [-0.2, 0) is 6.54 Å². The van der Waals surface area contributed by atoms with Gasteiger partial charge in [-0.15, -0.1) is 0 Å². The molecule has 0 saturated heterocycles. The van der Waals surface area contributed by atoms with Crippen LogP contribution in [0.2, 0.25) is 0 Å². The minimum absolute atomic E-state index is 0.195. The Morgan fingerprint density at radius 1 is 1.44 bits per heavy atom. The molecule has 0 spiro atoms. The fourth-order valence-electron chi connectivity index (χ4n) is 2.56. The maximum absolute atomic E-state index is 10.5. The SMILES string of the molecule is O=[N+]([O-])c1ccc(CNCC2CCCC2CO)s1. The minimum atomic E-state index is -0.354. The Kier molecular flexibility index (Phi) is 4.68. The number of rotatable bonds is 6. The molecule has 0 aliphatic heterocycles. The summed E-state index contributed by atoms with van der Waals surface area (Å²) in [7, 11) is 0. The van der Waals surface area contributed by atoms with Gasteiger partial charge in [0.25, 0.3) is 0 Å². The molecular weight excluding hydrogens is 252 g/mol. The van der Waals surface area contributed by atoms with Crippen molar-refractivity contribution >= 4 is 16.3 Å². The summed E-state index contributed by atoms with van der Waals surface area (Å²) in [6, 6.07) is 3.35. The fraction of sp³-hybridized carbons (Fsp3) is 0.667. The number of thiophene rings is 1. The Hall–Kier alpha value is -0.980. The van der Waals surface area contributed by atoms with Crippen LogP contribution in [0.5, 0.6) is 0 Å². The molecule has 1 aliphatic rings. The molecule has 1 heterocycles. The molecule has 2 unspecified atom stereocenters. The third-order valence-corrected chi connectivity index (χ3v) is 4.62. The first kappa shape index (κ1) is 13.5. The van der Waals surface area contributed by atoms with Crippen LogP contribution in [0.25, 0.3) is 0 Å². The molecule has 1 aromatic rings. The number of nitro groups is 1. The van der Waals surface area contributed by atoms with E-state index in [0.717, 1.165) is 17.8 Å². The van der Waals surface area contributed by atoms with E-state index in [4.69, 9.17) is 0 Å². The van der Waals surface area contributed by atoms with Gasteiger partial charge in [0, 0.05) is 24.1 Å². The average Bonchev–Trinajstić information content (AvgIpc) is 2.97. The van der Waals surface area contributed by atoms with Crippen molar-refractivity contribution in [1.29, 1.82) is 0 Å². The highest BCUT2D eigenvalue weighted by molar-refractivity contribution is 7.15. The summed E-state index contributed by atoms with van der Waals surface area (Å²) in [6.45, 7) is 1.83. The molecule has 1 aliphatic carbocycles. The normalized spacial score (nSPS) is 23.4. The Labute approximate surface area is 110 Å². The van der Waals surface area contributed by atoms with Gasteiger partial charge >= 0.3 is 5.00 Å². The molecule has 100 valence electrons. The zero-order chi connectivity index (χ0) is 13.0. The Morgan fingerprint density at radius 2 is 2.22 bits per heavy atom. The summed E-state index contributed by atoms with van der Waals surface area (Å²) in [5.41, 5.74) is 0. The zero-order valence-electron chi connectivity index (χ0n) is 10.2. The lowest BCUT2D eigenvalue weighted by Gasteiger charge is -2.17. The van der Waals surface area contributed by atoms with Crippen molar-refractivity contribution in [2.24, 2.45) is 11.8 Å². The molecule has 2 rings (SSSR count). The lowest BCUT2D eigenvalue weighted by Crippen LogP contribution is -2.26. The van der Waals surface area contributed by atoms with Gasteiger partial charge in [-0.1, -0.05) is 17.8 Å². The summed E-state index contributed by atoms with van der Waals surface area (Å²) in [5, 5.41) is 23.3. The topological polar surface area (TPSA) is 75.4 Å². The first-order valence-corrected chi connectivity index (χ1v) is 7.07. The number of aliphatic hydroxyl groups excluding tert-OH is 1. The van der Waals surface area contributed by atoms with Crippen LogP contribution in [0.15, 0.2) is 12.1 Å². The van der Waals surface area contributed by atoms with Crippen LogP contribution in [0.3, 0.4) is 0 Å². The summed E-state index contributed by atoms with van der Waals surface area (Å²) in [6.07, 6.45) is 3.48. The second-order valence-electron chi connectivity index (χ2n) is 4.76. The van der Waals surface area contributed by atoms with Crippen molar-refractivity contribution in [2.75, 3.05) is 13.2 Å². The summed E-state index contributed by atoms with van der Waals surface area (Å²) in [5.74, 6) is 0.972. The van der Waals surface area contributed by atoms with E-state index < -0.39 is 0 Å². The summed E-state index contributed by atoms with van der Waals surface area (Å²) >= 11 is 1.22. The van der Waals surface area contributed by atoms with E-state index in [1.54, 1.807) is 12.1 Å². The minimum Gasteiger partial charge on any atom is -0.396 e. The van der Waals surface area contributed by atoms with Gasteiger partial charge in [-0.05, 0) is 37.3 Å². The lowest BCUT2D eigenvalue weighted by molar-refractivity contribution is -0.380. The van der Waals surface area contributed by atoms with Crippen LogP contribution in [0.1, 0.15) is 24.1 Å². The molecule has 1 saturated carbocycles. The number of aliphatic hydroxyl groups is 1. The van der Waals surface area contributed by atoms with Crippen molar-refractivity contribution in [3.8, 4) is 0 Å². The predicted molar refractivity (Wildman–Crippen MR) is 70.6 cm³/mol. The number of nitrogens with one attached hydrogen (secondary N) is 1. The van der Waals surface area contributed by atoms with Crippen molar-refractivity contribution in [1.82, 2.24) is 5.32 Å². The van der Waals surface area contributed by atoms with Gasteiger partial charge in [0.1, 0.15) is 0 Å². The monoisotopic (exact) mass is 270 g/mol. The van der Waals surface area contributed by atoms with Crippen LogP contribution in [0.4, 0.5) is 5.00 Å². The fourth-order valence-corrected chi connectivity index (χ4v) is 3.35. The Balaban J connectivity index is 1.76. The smallest absolute Gasteiger partial charge is 0.324 e. The maximum atomic E-state index is 10.5. The van der Waals surface area contributed by atoms with E-state index in [0.29, 0.717) is 18.4 Å². The highest BCUT2D eigenvalue weighted by atomic mass is 32.1. The molecular formula is C12H18N2O3S. The first-order chi connectivity index (χ1) is 8.70. The number of hydrogen-bond acceptors (Lipinski definition) is 5. The Morgan fingerprint density at radius 3 is 2.89 bits per heavy atom. The molecule has 6 heteroatoms. The Bertz CT molecular complexity index is 408. The van der Waals surface area contributed by atoms with E-state index in [1.807, 2.05) is 0 Å². The first-order valence-electron chi connectivity index (χ1n) is 6.25. The zero-order valence-corrected chi connectivity index (χ0v) is 11.0. The predicted octanol–water partition coefficient (Wildman–Crippen LogP) is 2.15. The van der Waals surface area contributed by atoms with Crippen LogP contribution >= 0.6 is 11.3 Å². The standard InChI is InChI=1S/C12H18N2O3S/c15-8-10-3-1-2-9(10)6-13-7-11-4-5-12(18-11)14(16)17/h4-5,9-10,13,15H,1-3,6-8H2. The third-order valence-electron chi connectivity index (χ3n) is 3.58. The molecule has 1 fully saturated rings. The van der Waals surface area contributed by atoms with E-state index in [1.165, 1.54) is 24.2 Å². The van der Waals surface area contributed by atoms with Gasteiger partial charge < -0.3 is 10.4 Å². The van der Waals surface area contributed by atoms with E-state index >= 15 is 0 Å². The average molecular weight is 270 g/mol. The molecule has 0 bridgehead atoms. The van der Waals surface area contributed by atoms with E-state index in [2.05, 4.69) is 5.32 Å². The highest BCUT2D eigenvalue weighted by Crippen LogP contribution is 2.31. The van der Waals surface area contributed by atoms with Crippen LogP contribution in [-0.4, -0.2) is 23.2 Å². The number of hydrogen-bond donors (Lipinski definition) is 2. The molecule has 1 aromatic heterocycles. The third kappa shape index (κ3) is 3.28. The largest absolute Gasteiger partial charge is 0.396 e. The second-order valence-corrected chi connectivity index (χ2v) is 5.91. The van der Waals surface area contributed by atoms with Gasteiger partial charge in [-0.25, -0.2) is 0 Å². The van der Waals surface area contributed by atoms with Crippen molar-refractivity contribution < 1.29 is 10.0 Å². The highest BCUT2D eigenvalue weighted by Gasteiger charge is 2.25. The van der Waals surface area contributed by atoms with Gasteiger partial charge in [-0.2, -0.15) is 0 Å². The number of nitrogens with zero attached hydrogens (tertiary/aromatic N) is 1. The molecule has 2 N–H and O–H groups in total. The van der Waals surface area contributed by atoms with Crippen molar-refractivity contribution in [2.45, 2.75) is 25.8 Å². The van der Waals surface area contributed by atoms with Gasteiger partial charge in [0.2, 0.25) is 0 Å². The molecule has 0 aromatic carbocycles. The molecule has 18 heavy (non-hydrogen) atoms. The summed E-state index contributed by atoms with van der Waals surface area (Å²) in [4.78, 5) is 11.2. The lowest BCUT2D eigenvalue weighted by atomic mass is 9.97. The van der Waals surface area contributed by atoms with E-state index in [9.17, 15) is 15.2 Å². The molecule has 2 atom stereocenters. The summed E-state index contributed by atoms with van der Waals surface area (Å²) < 4.78 is 0. The van der Waals surface area contributed by atoms with E-state index in [-0.39, 0.29) is 16.5 Å². The molecule has 5 nitrogen and oxygen atoms in total. The molecule has 0 amide bonds. The van der Waals surface area contributed by atoms with Gasteiger partial charge in [0.15, 0.2) is 0 Å². The van der Waals surface area contributed by atoms with Gasteiger partial charge in [-0.3, -0.25) is 10.1 Å². The quantitative estimate of drug-likeness (QED) is 0.613. The molecule has 0 radical (unpaired) electrons. The van der Waals surface area contributed by atoms with Crippen LogP contribution < -0.4 is 5.32 Å².